The van der Waals surface area contributed by atoms with Crippen molar-refractivity contribution in [3.8, 4) is 0 Å². The van der Waals surface area contributed by atoms with Crippen molar-refractivity contribution in [2.24, 2.45) is 0 Å². The van der Waals surface area contributed by atoms with Gasteiger partial charge >= 0.3 is 5.97 Å². The van der Waals surface area contributed by atoms with Crippen LogP contribution in [0, 0.1) is 0 Å². The highest BCUT2D eigenvalue weighted by molar-refractivity contribution is 5.80. The molecule has 0 spiro atoms. The molecular weight excluding hydrogens is 214 g/mol. The van der Waals surface area contributed by atoms with Crippen molar-refractivity contribution in [3.63, 3.8) is 0 Å². The molecule has 0 amide bonds. The minimum Gasteiger partial charge on any atom is -1.00 e. The fraction of sp³-hybridized carbons (Fsp3) is 0.0909. The van der Waals surface area contributed by atoms with Crippen LogP contribution in [0.1, 0.15) is 0 Å². The molecule has 0 aliphatic heterocycles. The van der Waals surface area contributed by atoms with Gasteiger partial charge in [-0.05, 0) is 11.5 Å². The fourth-order valence-electron chi connectivity index (χ4n) is 1.43. The summed E-state index contributed by atoms with van der Waals surface area (Å²) in [6, 6.07) is 9.78. The molecule has 0 atom stereocenters. The van der Waals surface area contributed by atoms with Crippen LogP contribution in [0.2, 0.25) is 0 Å². The molecular formula is C11H10ClNO2. The van der Waals surface area contributed by atoms with Crippen LogP contribution >= 0.6 is 0 Å². The molecule has 1 N–H and O–H groups in total. The lowest BCUT2D eigenvalue weighted by atomic mass is 10.2. The van der Waals surface area contributed by atoms with Crippen molar-refractivity contribution >= 4 is 16.7 Å². The van der Waals surface area contributed by atoms with E-state index in [9.17, 15) is 4.79 Å². The number of carbonyl (C=O) groups is 1. The molecule has 0 bridgehead atoms. The Morgan fingerprint density at radius 2 is 1.87 bits per heavy atom. The number of rotatable bonds is 2. The number of hydrogen-bond acceptors (Lipinski definition) is 1. The minimum atomic E-state index is -0.828. The van der Waals surface area contributed by atoms with E-state index in [1.54, 1.807) is 10.8 Å². The third kappa shape index (κ3) is 2.67. The van der Waals surface area contributed by atoms with Gasteiger partial charge in [-0.2, -0.15) is 4.57 Å². The summed E-state index contributed by atoms with van der Waals surface area (Å²) in [5.74, 6) is -0.828. The summed E-state index contributed by atoms with van der Waals surface area (Å²) >= 11 is 0. The van der Waals surface area contributed by atoms with Crippen LogP contribution in [0.15, 0.2) is 42.7 Å². The van der Waals surface area contributed by atoms with Gasteiger partial charge in [-0.1, -0.05) is 18.2 Å². The average molecular weight is 224 g/mol. The van der Waals surface area contributed by atoms with E-state index in [0.717, 1.165) is 10.8 Å². The Morgan fingerprint density at radius 1 is 1.20 bits per heavy atom. The van der Waals surface area contributed by atoms with Crippen molar-refractivity contribution in [2.75, 3.05) is 0 Å². The second-order valence-corrected chi connectivity index (χ2v) is 3.14. The Bertz CT molecular complexity index is 485. The Kier molecular flexibility index (Phi) is 3.63. The molecule has 3 nitrogen and oxygen atoms in total. The molecule has 0 aliphatic rings. The molecule has 0 saturated heterocycles. The Labute approximate surface area is 93.4 Å². The van der Waals surface area contributed by atoms with Gasteiger partial charge in [-0.15, -0.1) is 0 Å². The van der Waals surface area contributed by atoms with Crippen LogP contribution < -0.4 is 17.0 Å². The van der Waals surface area contributed by atoms with Gasteiger partial charge in [-0.3, -0.25) is 0 Å². The van der Waals surface area contributed by atoms with Crippen LogP contribution in [0.4, 0.5) is 0 Å². The second kappa shape index (κ2) is 4.75. The predicted molar refractivity (Wildman–Crippen MR) is 51.8 cm³/mol. The molecule has 1 aromatic heterocycles. The third-order valence-electron chi connectivity index (χ3n) is 2.06. The van der Waals surface area contributed by atoms with Gasteiger partial charge in [0.05, 0.1) is 0 Å². The van der Waals surface area contributed by atoms with E-state index in [1.807, 2.05) is 36.5 Å². The lowest BCUT2D eigenvalue weighted by Gasteiger charge is -1.95. The van der Waals surface area contributed by atoms with Crippen LogP contribution in [-0.4, -0.2) is 11.1 Å². The average Bonchev–Trinajstić information content (AvgIpc) is 2.17. The first-order valence-electron chi connectivity index (χ1n) is 4.35. The zero-order chi connectivity index (χ0) is 9.97. The first kappa shape index (κ1) is 11.5. The lowest BCUT2D eigenvalue weighted by Crippen LogP contribution is -3.00. The summed E-state index contributed by atoms with van der Waals surface area (Å²) in [4.78, 5) is 10.5. The normalized spacial score (nSPS) is 9.60. The molecule has 78 valence electrons. The van der Waals surface area contributed by atoms with Gasteiger partial charge in [0.25, 0.3) is 0 Å². The van der Waals surface area contributed by atoms with Gasteiger partial charge in [0.2, 0.25) is 6.54 Å². The van der Waals surface area contributed by atoms with Crippen LogP contribution in [-0.2, 0) is 11.3 Å². The topological polar surface area (TPSA) is 41.2 Å². The summed E-state index contributed by atoms with van der Waals surface area (Å²) in [5, 5.41) is 10.8. The number of aromatic nitrogens is 1. The number of pyridine rings is 1. The summed E-state index contributed by atoms with van der Waals surface area (Å²) < 4.78 is 1.66. The number of carboxylic acid groups (broad SMARTS) is 1. The van der Waals surface area contributed by atoms with Gasteiger partial charge in [0.15, 0.2) is 12.4 Å². The zero-order valence-corrected chi connectivity index (χ0v) is 8.69. The van der Waals surface area contributed by atoms with Gasteiger partial charge in [0.1, 0.15) is 0 Å². The van der Waals surface area contributed by atoms with E-state index in [4.69, 9.17) is 5.11 Å². The highest BCUT2D eigenvalue weighted by Crippen LogP contribution is 2.09. The van der Waals surface area contributed by atoms with Crippen molar-refractivity contribution in [3.05, 3.63) is 42.7 Å². The molecule has 1 aromatic carbocycles. The molecule has 0 radical (unpaired) electrons. The number of halogens is 1. The highest BCUT2D eigenvalue weighted by Gasteiger charge is 2.06. The van der Waals surface area contributed by atoms with Crippen LogP contribution in [0.3, 0.4) is 0 Å². The summed E-state index contributed by atoms with van der Waals surface area (Å²) in [7, 11) is 0. The fourth-order valence-corrected chi connectivity index (χ4v) is 1.43. The molecule has 0 unspecified atom stereocenters. The summed E-state index contributed by atoms with van der Waals surface area (Å²) in [6.45, 7) is 0.00480. The SMILES string of the molecule is O=C(O)C[n+]1ccc2ccccc2c1.[Cl-]. The highest BCUT2D eigenvalue weighted by atomic mass is 35.5. The Morgan fingerprint density at radius 3 is 2.53 bits per heavy atom. The zero-order valence-electron chi connectivity index (χ0n) is 7.93. The molecule has 2 aromatic rings. The Balaban J connectivity index is 0.00000112. The predicted octanol–water partition coefficient (Wildman–Crippen LogP) is -1.78. The maximum absolute atomic E-state index is 10.5. The van der Waals surface area contributed by atoms with Gasteiger partial charge < -0.3 is 17.5 Å². The van der Waals surface area contributed by atoms with Crippen LogP contribution in [0.25, 0.3) is 10.8 Å². The number of benzene rings is 1. The molecule has 0 saturated carbocycles. The summed E-state index contributed by atoms with van der Waals surface area (Å²) in [5.41, 5.74) is 0. The number of nitrogens with zero attached hydrogens (tertiary/aromatic N) is 1. The van der Waals surface area contributed by atoms with E-state index in [1.165, 1.54) is 0 Å². The minimum absolute atomic E-state index is 0. The van der Waals surface area contributed by atoms with Crippen molar-refractivity contribution in [1.82, 2.24) is 0 Å². The van der Waals surface area contributed by atoms with Gasteiger partial charge in [0, 0.05) is 11.5 Å². The first-order chi connectivity index (χ1) is 6.75. The monoisotopic (exact) mass is 223 g/mol. The lowest BCUT2D eigenvalue weighted by molar-refractivity contribution is -0.684. The van der Waals surface area contributed by atoms with E-state index >= 15 is 0 Å². The van der Waals surface area contributed by atoms with Crippen molar-refractivity contribution in [2.45, 2.75) is 6.54 Å². The molecule has 0 aliphatic carbocycles. The van der Waals surface area contributed by atoms with E-state index < -0.39 is 5.97 Å². The van der Waals surface area contributed by atoms with Crippen molar-refractivity contribution in [1.29, 1.82) is 0 Å². The smallest absolute Gasteiger partial charge is 0.370 e. The van der Waals surface area contributed by atoms with Gasteiger partial charge in [-0.25, -0.2) is 4.79 Å². The standard InChI is InChI=1S/C11H9NO2.ClH/c13-11(14)8-12-6-5-9-3-1-2-4-10(9)7-12;/h1-7H,8H2;1H. The molecule has 2 rings (SSSR count). The summed E-state index contributed by atoms with van der Waals surface area (Å²) in [6.07, 6.45) is 3.61. The number of hydrogen-bond donors (Lipinski definition) is 1. The maximum Gasteiger partial charge on any atom is 0.370 e. The van der Waals surface area contributed by atoms with E-state index in [0.29, 0.717) is 0 Å². The largest absolute Gasteiger partial charge is 1.00 e. The van der Waals surface area contributed by atoms with E-state index in [-0.39, 0.29) is 19.0 Å². The maximum atomic E-state index is 10.5. The molecule has 0 fully saturated rings. The van der Waals surface area contributed by atoms with Crippen LogP contribution in [0.5, 0.6) is 0 Å². The third-order valence-corrected chi connectivity index (χ3v) is 2.06. The molecule has 1 heterocycles. The first-order valence-corrected chi connectivity index (χ1v) is 4.35. The number of aliphatic carboxylic acids is 1. The number of fused-ring (bicyclic) bond motifs is 1. The molecule has 15 heavy (non-hydrogen) atoms. The van der Waals surface area contributed by atoms with Crippen molar-refractivity contribution < 1.29 is 26.9 Å². The number of carboxylic acids is 1. The molecule has 4 heteroatoms. The van der Waals surface area contributed by atoms with E-state index in [2.05, 4.69) is 0 Å². The second-order valence-electron chi connectivity index (χ2n) is 3.14. The quantitative estimate of drug-likeness (QED) is 0.612. The Hall–Kier alpha value is -1.61.